The molecule has 2 rings (SSSR count). The van der Waals surface area contributed by atoms with Gasteiger partial charge in [0.2, 0.25) is 0 Å². The minimum absolute atomic E-state index is 0.0962. The number of piperidine rings is 1. The van der Waals surface area contributed by atoms with Crippen LogP contribution in [0.2, 0.25) is 0 Å². The maximum absolute atomic E-state index is 12.3. The third-order valence-electron chi connectivity index (χ3n) is 3.76. The largest absolute Gasteiger partial charge is 0.444 e. The number of carbonyl (C=O) groups excluding carboxylic acids is 1. The number of ether oxygens (including phenoxy) is 2. The normalized spacial score (nSPS) is 31.2. The molecule has 0 aromatic rings. The molecule has 2 bridgehead atoms. The number of rotatable bonds is 2. The Balaban J connectivity index is 2.03. The second-order valence-electron chi connectivity index (χ2n) is 6.58. The lowest BCUT2D eigenvalue weighted by Gasteiger charge is -2.48. The number of fused-ring (bicyclic) bond motifs is 2. The van der Waals surface area contributed by atoms with Crippen LogP contribution in [0.5, 0.6) is 0 Å². The van der Waals surface area contributed by atoms with Gasteiger partial charge in [-0.15, -0.1) is 0 Å². The van der Waals surface area contributed by atoms with Crippen molar-refractivity contribution in [1.82, 2.24) is 4.90 Å². The summed E-state index contributed by atoms with van der Waals surface area (Å²) >= 11 is 0. The summed E-state index contributed by atoms with van der Waals surface area (Å²) in [6.45, 7) is 7.04. The van der Waals surface area contributed by atoms with Crippen LogP contribution in [0.25, 0.3) is 0 Å². The van der Waals surface area contributed by atoms with Crippen LogP contribution in [0.1, 0.15) is 40.0 Å². The SMILES string of the molecule is CC(C)(C)OC(=O)N1C2COCC1CC(CCO)C2. The number of hydrogen-bond donors (Lipinski definition) is 1. The lowest BCUT2D eigenvalue weighted by atomic mass is 9.83. The van der Waals surface area contributed by atoms with Crippen LogP contribution in [-0.2, 0) is 9.47 Å². The third-order valence-corrected chi connectivity index (χ3v) is 3.76. The predicted octanol–water partition coefficient (Wildman–Crippen LogP) is 1.78. The Morgan fingerprint density at radius 3 is 2.37 bits per heavy atom. The van der Waals surface area contributed by atoms with E-state index >= 15 is 0 Å². The van der Waals surface area contributed by atoms with Crippen molar-refractivity contribution in [3.05, 3.63) is 0 Å². The van der Waals surface area contributed by atoms with Gasteiger partial charge in [0, 0.05) is 6.61 Å². The highest BCUT2D eigenvalue weighted by Gasteiger charge is 2.42. The van der Waals surface area contributed by atoms with Gasteiger partial charge in [0.05, 0.1) is 25.3 Å². The monoisotopic (exact) mass is 271 g/mol. The van der Waals surface area contributed by atoms with Gasteiger partial charge >= 0.3 is 6.09 Å². The van der Waals surface area contributed by atoms with Gasteiger partial charge in [-0.25, -0.2) is 4.79 Å². The van der Waals surface area contributed by atoms with Gasteiger partial charge < -0.3 is 14.6 Å². The first-order valence-electron chi connectivity index (χ1n) is 7.10. The number of hydrogen-bond acceptors (Lipinski definition) is 4. The van der Waals surface area contributed by atoms with Crippen molar-refractivity contribution < 1.29 is 19.4 Å². The summed E-state index contributed by atoms with van der Waals surface area (Å²) < 4.78 is 11.1. The maximum Gasteiger partial charge on any atom is 0.410 e. The Bertz CT molecular complexity index is 312. The number of morpholine rings is 1. The molecule has 110 valence electrons. The van der Waals surface area contributed by atoms with Crippen molar-refractivity contribution in [2.45, 2.75) is 57.7 Å². The van der Waals surface area contributed by atoms with E-state index < -0.39 is 5.60 Å². The Morgan fingerprint density at radius 2 is 1.89 bits per heavy atom. The van der Waals surface area contributed by atoms with E-state index in [1.54, 1.807) is 0 Å². The fourth-order valence-electron chi connectivity index (χ4n) is 3.06. The standard InChI is InChI=1S/C14H25NO4/c1-14(2,3)19-13(17)15-11-6-10(4-5-16)7-12(15)9-18-8-11/h10-12,16H,4-9H2,1-3H3. The van der Waals surface area contributed by atoms with Gasteiger partial charge in [0.1, 0.15) is 5.60 Å². The lowest BCUT2D eigenvalue weighted by Crippen LogP contribution is -2.59. The number of amides is 1. The highest BCUT2D eigenvalue weighted by molar-refractivity contribution is 5.69. The molecule has 2 heterocycles. The summed E-state index contributed by atoms with van der Waals surface area (Å²) in [5.74, 6) is 0.489. The van der Waals surface area contributed by atoms with Crippen molar-refractivity contribution in [3.63, 3.8) is 0 Å². The third kappa shape index (κ3) is 3.60. The summed E-state index contributed by atoms with van der Waals surface area (Å²) in [7, 11) is 0. The van der Waals surface area contributed by atoms with Crippen molar-refractivity contribution in [2.24, 2.45) is 5.92 Å². The van der Waals surface area contributed by atoms with Crippen LogP contribution in [0.3, 0.4) is 0 Å². The minimum atomic E-state index is -0.464. The molecule has 0 spiro atoms. The van der Waals surface area contributed by atoms with E-state index in [4.69, 9.17) is 14.6 Å². The molecule has 5 heteroatoms. The average molecular weight is 271 g/mol. The molecule has 5 nitrogen and oxygen atoms in total. The first-order chi connectivity index (χ1) is 8.90. The molecular formula is C14H25NO4. The van der Waals surface area contributed by atoms with Crippen LogP contribution in [-0.4, -0.2) is 53.6 Å². The number of nitrogens with zero attached hydrogens (tertiary/aromatic N) is 1. The molecule has 0 radical (unpaired) electrons. The van der Waals surface area contributed by atoms with Gasteiger partial charge in [0.25, 0.3) is 0 Å². The van der Waals surface area contributed by atoms with Gasteiger partial charge in [-0.2, -0.15) is 0 Å². The van der Waals surface area contributed by atoms with Crippen molar-refractivity contribution in [1.29, 1.82) is 0 Å². The lowest BCUT2D eigenvalue weighted by molar-refractivity contribution is -0.0911. The van der Waals surface area contributed by atoms with Crippen LogP contribution < -0.4 is 0 Å². The molecule has 2 atom stereocenters. The highest BCUT2D eigenvalue weighted by Crippen LogP contribution is 2.34. The molecule has 2 fully saturated rings. The molecular weight excluding hydrogens is 246 g/mol. The van der Waals surface area contributed by atoms with E-state index in [0.717, 1.165) is 19.3 Å². The zero-order valence-corrected chi connectivity index (χ0v) is 12.1. The van der Waals surface area contributed by atoms with Crippen LogP contribution in [0, 0.1) is 5.92 Å². The number of aliphatic hydroxyl groups is 1. The second-order valence-corrected chi connectivity index (χ2v) is 6.58. The zero-order chi connectivity index (χ0) is 14.0. The topological polar surface area (TPSA) is 59.0 Å². The van der Waals surface area contributed by atoms with E-state index in [1.165, 1.54) is 0 Å². The van der Waals surface area contributed by atoms with E-state index in [1.807, 2.05) is 25.7 Å². The second kappa shape index (κ2) is 5.67. The summed E-state index contributed by atoms with van der Waals surface area (Å²) in [5.41, 5.74) is -0.464. The van der Waals surface area contributed by atoms with Gasteiger partial charge in [-0.05, 0) is 46.0 Å². The first kappa shape index (κ1) is 14.6. The quantitative estimate of drug-likeness (QED) is 0.831. The van der Waals surface area contributed by atoms with Gasteiger partial charge in [-0.3, -0.25) is 4.90 Å². The molecule has 2 unspecified atom stereocenters. The smallest absolute Gasteiger partial charge is 0.410 e. The minimum Gasteiger partial charge on any atom is -0.444 e. The van der Waals surface area contributed by atoms with E-state index in [9.17, 15) is 4.79 Å². The molecule has 2 aliphatic heterocycles. The molecule has 19 heavy (non-hydrogen) atoms. The molecule has 0 aromatic heterocycles. The van der Waals surface area contributed by atoms with Crippen LogP contribution >= 0.6 is 0 Å². The Labute approximate surface area is 114 Å². The number of carbonyl (C=O) groups is 1. The molecule has 2 aliphatic rings. The fraction of sp³-hybridized carbons (Fsp3) is 0.929. The Kier molecular flexibility index (Phi) is 4.36. The molecule has 0 aliphatic carbocycles. The summed E-state index contributed by atoms with van der Waals surface area (Å²) in [5, 5.41) is 9.07. The molecule has 1 amide bonds. The zero-order valence-electron chi connectivity index (χ0n) is 12.1. The molecule has 2 saturated heterocycles. The summed E-state index contributed by atoms with van der Waals surface area (Å²) in [6.07, 6.45) is 2.38. The van der Waals surface area contributed by atoms with Crippen molar-refractivity contribution >= 4 is 6.09 Å². The van der Waals surface area contributed by atoms with Gasteiger partial charge in [-0.1, -0.05) is 0 Å². The molecule has 0 saturated carbocycles. The summed E-state index contributed by atoms with van der Waals surface area (Å²) in [4.78, 5) is 14.2. The van der Waals surface area contributed by atoms with Crippen molar-refractivity contribution in [2.75, 3.05) is 19.8 Å². The fourth-order valence-corrected chi connectivity index (χ4v) is 3.06. The highest BCUT2D eigenvalue weighted by atomic mass is 16.6. The van der Waals surface area contributed by atoms with Crippen LogP contribution in [0.4, 0.5) is 4.79 Å². The first-order valence-corrected chi connectivity index (χ1v) is 7.10. The van der Waals surface area contributed by atoms with E-state index in [2.05, 4.69) is 0 Å². The Morgan fingerprint density at radius 1 is 1.32 bits per heavy atom. The van der Waals surface area contributed by atoms with Gasteiger partial charge in [0.15, 0.2) is 0 Å². The van der Waals surface area contributed by atoms with E-state index in [-0.39, 0.29) is 24.8 Å². The number of aliphatic hydroxyl groups excluding tert-OH is 1. The molecule has 1 N–H and O–H groups in total. The Hall–Kier alpha value is -0.810. The maximum atomic E-state index is 12.3. The van der Waals surface area contributed by atoms with E-state index in [0.29, 0.717) is 19.1 Å². The van der Waals surface area contributed by atoms with Crippen LogP contribution in [0.15, 0.2) is 0 Å². The summed E-state index contributed by atoms with van der Waals surface area (Å²) in [6, 6.07) is 0.192. The predicted molar refractivity (Wildman–Crippen MR) is 70.9 cm³/mol. The average Bonchev–Trinajstić information content (AvgIpc) is 2.25. The molecule has 0 aromatic carbocycles. The van der Waals surface area contributed by atoms with Crippen molar-refractivity contribution in [3.8, 4) is 0 Å².